The predicted octanol–water partition coefficient (Wildman–Crippen LogP) is 3.41. The molecule has 18 heavy (non-hydrogen) atoms. The van der Waals surface area contributed by atoms with Crippen LogP contribution in [0, 0.1) is 0 Å². The number of benzene rings is 1. The van der Waals surface area contributed by atoms with Crippen LogP contribution in [0.2, 0.25) is 0 Å². The third-order valence-electron chi connectivity index (χ3n) is 3.75. The number of methoxy groups -OCH3 is 2. The molecule has 0 spiro atoms. The summed E-state index contributed by atoms with van der Waals surface area (Å²) in [5, 5.41) is 3.37. The van der Waals surface area contributed by atoms with Crippen molar-refractivity contribution in [2.45, 2.75) is 31.7 Å². The Hall–Kier alpha value is -0.740. The van der Waals surface area contributed by atoms with Gasteiger partial charge in [-0.25, -0.2) is 0 Å². The molecule has 1 aromatic rings. The lowest BCUT2D eigenvalue weighted by atomic mass is 9.85. The van der Waals surface area contributed by atoms with Gasteiger partial charge >= 0.3 is 0 Å². The summed E-state index contributed by atoms with van der Waals surface area (Å²) in [6.07, 6.45) is 1.04. The minimum absolute atomic E-state index is 0.0856. The number of nitrogens with one attached hydrogen (secondary N) is 1. The number of ether oxygens (including phenoxy) is 2. The molecule has 0 aromatic heterocycles. The van der Waals surface area contributed by atoms with Crippen LogP contribution in [-0.4, -0.2) is 21.3 Å². The van der Waals surface area contributed by atoms with E-state index in [2.05, 4.69) is 35.1 Å². The van der Waals surface area contributed by atoms with E-state index >= 15 is 0 Å². The Morgan fingerprint density at radius 1 is 1.33 bits per heavy atom. The quantitative estimate of drug-likeness (QED) is 0.927. The number of halogens is 1. The summed E-state index contributed by atoms with van der Waals surface area (Å²) in [6, 6.07) is 2.30. The van der Waals surface area contributed by atoms with Gasteiger partial charge in [0.05, 0.1) is 18.7 Å². The van der Waals surface area contributed by atoms with Crippen molar-refractivity contribution < 1.29 is 9.47 Å². The van der Waals surface area contributed by atoms with Gasteiger partial charge in [0, 0.05) is 17.2 Å². The molecule has 0 heterocycles. The van der Waals surface area contributed by atoms with E-state index in [0.29, 0.717) is 6.04 Å². The Morgan fingerprint density at radius 2 is 2.00 bits per heavy atom. The van der Waals surface area contributed by atoms with Crippen molar-refractivity contribution in [3.05, 3.63) is 21.7 Å². The number of rotatable bonds is 3. The third-order valence-corrected chi connectivity index (χ3v) is 4.34. The molecule has 0 fully saturated rings. The van der Waals surface area contributed by atoms with E-state index in [4.69, 9.17) is 9.47 Å². The predicted molar refractivity (Wildman–Crippen MR) is 76.7 cm³/mol. The molecule has 100 valence electrons. The SMILES string of the molecule is CNC1CC(C)(C)c2c(OC)cc(Br)c(OC)c21. The molecule has 1 aliphatic rings. The highest BCUT2D eigenvalue weighted by Gasteiger charge is 2.41. The average Bonchev–Trinajstić information content (AvgIpc) is 2.60. The summed E-state index contributed by atoms with van der Waals surface area (Å²) in [5.74, 6) is 1.84. The first-order chi connectivity index (χ1) is 8.46. The second-order valence-electron chi connectivity index (χ2n) is 5.31. The topological polar surface area (TPSA) is 30.5 Å². The van der Waals surface area contributed by atoms with Gasteiger partial charge in [-0.15, -0.1) is 0 Å². The molecule has 3 nitrogen and oxygen atoms in total. The van der Waals surface area contributed by atoms with Crippen molar-refractivity contribution in [1.29, 1.82) is 0 Å². The Morgan fingerprint density at radius 3 is 2.50 bits per heavy atom. The Bertz CT molecular complexity index is 471. The molecule has 0 amide bonds. The van der Waals surface area contributed by atoms with Gasteiger partial charge in [-0.2, -0.15) is 0 Å². The van der Waals surface area contributed by atoms with Gasteiger partial charge < -0.3 is 14.8 Å². The molecule has 4 heteroatoms. The Labute approximate surface area is 117 Å². The summed E-state index contributed by atoms with van der Waals surface area (Å²) >= 11 is 3.56. The molecular weight excluding hydrogens is 294 g/mol. The molecule has 1 unspecified atom stereocenters. The van der Waals surface area contributed by atoms with Crippen molar-refractivity contribution in [2.75, 3.05) is 21.3 Å². The summed E-state index contributed by atoms with van der Waals surface area (Å²) < 4.78 is 12.1. The first kappa shape index (κ1) is 13.7. The van der Waals surface area contributed by atoms with Crippen LogP contribution in [-0.2, 0) is 5.41 Å². The molecule has 0 radical (unpaired) electrons. The maximum atomic E-state index is 5.57. The third kappa shape index (κ3) is 1.91. The number of hydrogen-bond acceptors (Lipinski definition) is 3. The van der Waals surface area contributed by atoms with Gasteiger partial charge in [-0.05, 0) is 40.9 Å². The molecular formula is C14H20BrNO2. The van der Waals surface area contributed by atoms with Gasteiger partial charge in [-0.3, -0.25) is 0 Å². The first-order valence-corrected chi connectivity index (χ1v) is 6.87. The van der Waals surface area contributed by atoms with Crippen molar-refractivity contribution in [1.82, 2.24) is 5.32 Å². The van der Waals surface area contributed by atoms with Crippen molar-refractivity contribution >= 4 is 15.9 Å². The molecule has 1 atom stereocenters. The largest absolute Gasteiger partial charge is 0.496 e. The number of fused-ring (bicyclic) bond motifs is 1. The summed E-state index contributed by atoms with van der Waals surface area (Å²) in [6.45, 7) is 4.50. The van der Waals surface area contributed by atoms with E-state index in [9.17, 15) is 0 Å². The lowest BCUT2D eigenvalue weighted by Gasteiger charge is -2.22. The van der Waals surface area contributed by atoms with Crippen LogP contribution in [0.25, 0.3) is 0 Å². The van der Waals surface area contributed by atoms with Crippen molar-refractivity contribution in [3.8, 4) is 11.5 Å². The van der Waals surface area contributed by atoms with E-state index < -0.39 is 0 Å². The second-order valence-corrected chi connectivity index (χ2v) is 6.17. The van der Waals surface area contributed by atoms with E-state index in [-0.39, 0.29) is 5.41 Å². The normalized spacial score (nSPS) is 20.7. The summed E-state index contributed by atoms with van der Waals surface area (Å²) in [5.41, 5.74) is 2.56. The average molecular weight is 314 g/mol. The van der Waals surface area contributed by atoms with Gasteiger partial charge in [0.1, 0.15) is 11.5 Å². The van der Waals surface area contributed by atoms with Crippen LogP contribution in [0.1, 0.15) is 37.4 Å². The molecule has 0 saturated heterocycles. The van der Waals surface area contributed by atoms with Crippen LogP contribution < -0.4 is 14.8 Å². The van der Waals surface area contributed by atoms with E-state index in [1.165, 1.54) is 11.1 Å². The first-order valence-electron chi connectivity index (χ1n) is 6.08. The molecule has 1 N–H and O–H groups in total. The van der Waals surface area contributed by atoms with Crippen molar-refractivity contribution in [3.63, 3.8) is 0 Å². The minimum Gasteiger partial charge on any atom is -0.496 e. The monoisotopic (exact) mass is 313 g/mol. The van der Waals surface area contributed by atoms with Gasteiger partial charge in [0.2, 0.25) is 0 Å². The molecule has 0 saturated carbocycles. The molecule has 1 aliphatic carbocycles. The Kier molecular flexibility index (Phi) is 3.60. The maximum absolute atomic E-state index is 5.57. The molecule has 0 aliphatic heterocycles. The zero-order valence-electron chi connectivity index (χ0n) is 11.6. The van der Waals surface area contributed by atoms with E-state index in [1.54, 1.807) is 14.2 Å². The van der Waals surface area contributed by atoms with E-state index in [0.717, 1.165) is 22.4 Å². The second kappa shape index (κ2) is 4.74. The lowest BCUT2D eigenvalue weighted by Crippen LogP contribution is -2.17. The standard InChI is InChI=1S/C14H20BrNO2/c1-14(2)7-9(16-3)11-12(14)10(17-4)6-8(15)13(11)18-5/h6,9,16H,7H2,1-5H3. The summed E-state index contributed by atoms with van der Waals surface area (Å²) in [4.78, 5) is 0. The highest BCUT2D eigenvalue weighted by atomic mass is 79.9. The van der Waals surface area contributed by atoms with Gasteiger partial charge in [0.15, 0.2) is 0 Å². The van der Waals surface area contributed by atoms with Crippen LogP contribution in [0.4, 0.5) is 0 Å². The highest BCUT2D eigenvalue weighted by molar-refractivity contribution is 9.10. The molecule has 1 aromatic carbocycles. The lowest BCUT2D eigenvalue weighted by molar-refractivity contribution is 0.387. The zero-order chi connectivity index (χ0) is 13.5. The van der Waals surface area contributed by atoms with E-state index in [1.807, 2.05) is 13.1 Å². The fourth-order valence-corrected chi connectivity index (χ4v) is 3.57. The number of hydrogen-bond donors (Lipinski definition) is 1. The fourth-order valence-electron chi connectivity index (χ4n) is 2.99. The zero-order valence-corrected chi connectivity index (χ0v) is 13.1. The summed E-state index contributed by atoms with van der Waals surface area (Å²) in [7, 11) is 5.42. The minimum atomic E-state index is 0.0856. The van der Waals surface area contributed by atoms with Gasteiger partial charge in [-0.1, -0.05) is 13.8 Å². The fraction of sp³-hybridized carbons (Fsp3) is 0.571. The molecule has 2 rings (SSSR count). The van der Waals surface area contributed by atoms with Crippen LogP contribution in [0.15, 0.2) is 10.5 Å². The maximum Gasteiger partial charge on any atom is 0.138 e. The van der Waals surface area contributed by atoms with Crippen LogP contribution in [0.3, 0.4) is 0 Å². The smallest absolute Gasteiger partial charge is 0.138 e. The van der Waals surface area contributed by atoms with Gasteiger partial charge in [0.25, 0.3) is 0 Å². The Balaban J connectivity index is 2.76. The highest BCUT2D eigenvalue weighted by Crippen LogP contribution is 2.54. The van der Waals surface area contributed by atoms with Crippen LogP contribution in [0.5, 0.6) is 11.5 Å². The van der Waals surface area contributed by atoms with Crippen molar-refractivity contribution in [2.24, 2.45) is 0 Å². The van der Waals surface area contributed by atoms with Crippen LogP contribution >= 0.6 is 15.9 Å². The molecule has 0 bridgehead atoms.